The summed E-state index contributed by atoms with van der Waals surface area (Å²) in [5.74, 6) is 8.03. The number of nitrogens with zero attached hydrogens (tertiary/aromatic N) is 1. The highest BCUT2D eigenvalue weighted by Crippen LogP contribution is 1.90. The number of terminal acetylenes is 1. The van der Waals surface area contributed by atoms with Gasteiger partial charge in [0.2, 0.25) is 0 Å². The van der Waals surface area contributed by atoms with Crippen molar-refractivity contribution in [3.05, 3.63) is 0 Å². The van der Waals surface area contributed by atoms with Gasteiger partial charge in [0.15, 0.2) is 0 Å². The largest absolute Gasteiger partial charge is 0.356 e. The third kappa shape index (κ3) is 8.57. The maximum Gasteiger partial charge on any atom is 0.109 e. The number of hydrogen-bond acceptors (Lipinski definition) is 2. The zero-order chi connectivity index (χ0) is 9.07. The standard InChI is InChI=1S/C10H11NO/c1-2-9-12-10-7-5-3-4-6-8-11/h1H,3-4,6,9-10H2. The van der Waals surface area contributed by atoms with Crippen molar-refractivity contribution >= 4 is 0 Å². The number of unbranched alkanes of at least 4 members (excludes halogenated alkanes) is 2. The van der Waals surface area contributed by atoms with E-state index < -0.39 is 0 Å². The van der Waals surface area contributed by atoms with Crippen molar-refractivity contribution in [3.63, 3.8) is 0 Å². The van der Waals surface area contributed by atoms with Crippen molar-refractivity contribution in [3.8, 4) is 30.3 Å². The van der Waals surface area contributed by atoms with E-state index in [1.54, 1.807) is 0 Å². The van der Waals surface area contributed by atoms with Gasteiger partial charge in [-0.05, 0) is 6.42 Å². The Balaban J connectivity index is 3.14. The second-order valence-corrected chi connectivity index (χ2v) is 2.06. The highest BCUT2D eigenvalue weighted by atomic mass is 16.5. The van der Waals surface area contributed by atoms with Crippen LogP contribution in [-0.4, -0.2) is 13.2 Å². The molecule has 0 bridgehead atoms. The van der Waals surface area contributed by atoms with Crippen LogP contribution in [-0.2, 0) is 4.74 Å². The molecule has 0 unspecified atom stereocenters. The van der Waals surface area contributed by atoms with Crippen LogP contribution in [0.2, 0.25) is 0 Å². The second-order valence-electron chi connectivity index (χ2n) is 2.06. The summed E-state index contributed by atoms with van der Waals surface area (Å²) in [4.78, 5) is 0. The normalized spacial score (nSPS) is 7.50. The quantitative estimate of drug-likeness (QED) is 0.460. The van der Waals surface area contributed by atoms with Gasteiger partial charge in [0, 0.05) is 12.8 Å². The fourth-order valence-corrected chi connectivity index (χ4v) is 0.556. The molecule has 0 amide bonds. The van der Waals surface area contributed by atoms with Gasteiger partial charge in [-0.25, -0.2) is 0 Å². The van der Waals surface area contributed by atoms with Crippen molar-refractivity contribution < 1.29 is 4.74 Å². The summed E-state index contributed by atoms with van der Waals surface area (Å²) in [5, 5.41) is 8.19. The predicted molar refractivity (Wildman–Crippen MR) is 46.9 cm³/mol. The van der Waals surface area contributed by atoms with E-state index in [0.717, 1.165) is 12.8 Å². The molecular weight excluding hydrogens is 150 g/mol. The highest BCUT2D eigenvalue weighted by molar-refractivity contribution is 4.99. The Bertz CT molecular complexity index is 209. The maximum atomic E-state index is 8.19. The minimum atomic E-state index is 0.312. The molecule has 2 heteroatoms. The Morgan fingerprint density at radius 3 is 2.67 bits per heavy atom. The summed E-state index contributed by atoms with van der Waals surface area (Å²) < 4.78 is 4.91. The van der Waals surface area contributed by atoms with Crippen molar-refractivity contribution in [2.24, 2.45) is 0 Å². The Labute approximate surface area is 73.5 Å². The van der Waals surface area contributed by atoms with Crippen LogP contribution < -0.4 is 0 Å². The summed E-state index contributed by atoms with van der Waals surface area (Å²) in [5.41, 5.74) is 0. The zero-order valence-electron chi connectivity index (χ0n) is 6.97. The van der Waals surface area contributed by atoms with Crippen LogP contribution in [0.5, 0.6) is 0 Å². The van der Waals surface area contributed by atoms with E-state index in [4.69, 9.17) is 16.4 Å². The molecule has 0 atom stereocenters. The predicted octanol–water partition coefficient (Wildman–Crippen LogP) is 1.33. The minimum absolute atomic E-state index is 0.312. The van der Waals surface area contributed by atoms with Gasteiger partial charge in [-0.15, -0.1) is 12.3 Å². The Kier molecular flexibility index (Phi) is 8.43. The molecule has 0 saturated carbocycles. The second kappa shape index (κ2) is 9.57. The van der Waals surface area contributed by atoms with E-state index in [-0.39, 0.29) is 0 Å². The van der Waals surface area contributed by atoms with Gasteiger partial charge in [0.25, 0.3) is 0 Å². The molecule has 0 aromatic heterocycles. The van der Waals surface area contributed by atoms with Gasteiger partial charge in [0.05, 0.1) is 6.07 Å². The number of rotatable bonds is 4. The Morgan fingerprint density at radius 1 is 1.17 bits per heavy atom. The average Bonchev–Trinajstić information content (AvgIpc) is 2.10. The van der Waals surface area contributed by atoms with Gasteiger partial charge >= 0.3 is 0 Å². The lowest BCUT2D eigenvalue weighted by Gasteiger charge is -1.88. The van der Waals surface area contributed by atoms with E-state index in [1.165, 1.54) is 0 Å². The topological polar surface area (TPSA) is 33.0 Å². The van der Waals surface area contributed by atoms with Crippen molar-refractivity contribution in [2.45, 2.75) is 19.3 Å². The first kappa shape index (κ1) is 10.6. The fourth-order valence-electron chi connectivity index (χ4n) is 0.556. The van der Waals surface area contributed by atoms with E-state index in [1.807, 2.05) is 0 Å². The third-order valence-corrected chi connectivity index (χ3v) is 1.07. The molecule has 0 heterocycles. The summed E-state index contributed by atoms with van der Waals surface area (Å²) in [6.45, 7) is 0.698. The molecule has 0 spiro atoms. The Hall–Kier alpha value is -1.43. The molecule has 0 aromatic carbocycles. The number of ether oxygens (including phenoxy) is 1. The zero-order valence-corrected chi connectivity index (χ0v) is 6.97. The molecule has 0 aliphatic rings. The summed E-state index contributed by atoms with van der Waals surface area (Å²) in [6.07, 6.45) is 7.11. The van der Waals surface area contributed by atoms with Gasteiger partial charge in [-0.1, -0.05) is 11.8 Å². The lowest BCUT2D eigenvalue weighted by atomic mass is 10.2. The van der Waals surface area contributed by atoms with Gasteiger partial charge < -0.3 is 4.74 Å². The van der Waals surface area contributed by atoms with Crippen molar-refractivity contribution in [2.75, 3.05) is 13.2 Å². The van der Waals surface area contributed by atoms with E-state index in [9.17, 15) is 0 Å². The summed E-state index contributed by atoms with van der Waals surface area (Å²) in [7, 11) is 0. The maximum absolute atomic E-state index is 8.19. The molecule has 12 heavy (non-hydrogen) atoms. The van der Waals surface area contributed by atoms with Gasteiger partial charge in [-0.2, -0.15) is 5.26 Å². The van der Waals surface area contributed by atoms with E-state index in [2.05, 4.69) is 23.8 Å². The molecule has 0 aliphatic heterocycles. The molecule has 0 aromatic rings. The SMILES string of the molecule is C#CCOCC#CCCCC#N. The smallest absolute Gasteiger partial charge is 0.109 e. The van der Waals surface area contributed by atoms with Crippen LogP contribution in [0.3, 0.4) is 0 Å². The molecule has 0 rings (SSSR count). The first-order valence-corrected chi connectivity index (χ1v) is 3.75. The molecule has 62 valence electrons. The minimum Gasteiger partial charge on any atom is -0.356 e. The van der Waals surface area contributed by atoms with Gasteiger partial charge in [0.1, 0.15) is 13.2 Å². The van der Waals surface area contributed by atoms with E-state index >= 15 is 0 Å². The average molecular weight is 161 g/mol. The first-order chi connectivity index (χ1) is 5.91. The monoisotopic (exact) mass is 161 g/mol. The third-order valence-electron chi connectivity index (χ3n) is 1.07. The fraction of sp³-hybridized carbons (Fsp3) is 0.500. The van der Waals surface area contributed by atoms with Gasteiger partial charge in [-0.3, -0.25) is 0 Å². The lowest BCUT2D eigenvalue weighted by molar-refractivity contribution is 0.204. The molecule has 2 nitrogen and oxygen atoms in total. The molecule has 0 radical (unpaired) electrons. The molecule has 0 saturated heterocycles. The van der Waals surface area contributed by atoms with Crippen LogP contribution in [0, 0.1) is 35.5 Å². The summed E-state index contributed by atoms with van der Waals surface area (Å²) in [6, 6.07) is 2.05. The van der Waals surface area contributed by atoms with Crippen LogP contribution in [0.4, 0.5) is 0 Å². The molecule has 0 fully saturated rings. The van der Waals surface area contributed by atoms with Crippen molar-refractivity contribution in [1.29, 1.82) is 5.26 Å². The van der Waals surface area contributed by atoms with Crippen LogP contribution >= 0.6 is 0 Å². The molecule has 0 aliphatic carbocycles. The van der Waals surface area contributed by atoms with Crippen LogP contribution in [0.1, 0.15) is 19.3 Å². The lowest BCUT2D eigenvalue weighted by Crippen LogP contribution is -1.90. The molecular formula is C10H11NO. The van der Waals surface area contributed by atoms with Crippen molar-refractivity contribution in [1.82, 2.24) is 0 Å². The highest BCUT2D eigenvalue weighted by Gasteiger charge is 1.80. The number of hydrogen-bond donors (Lipinski definition) is 0. The Morgan fingerprint density at radius 2 is 2.00 bits per heavy atom. The summed E-state index contributed by atoms with van der Waals surface area (Å²) >= 11 is 0. The number of nitriles is 1. The van der Waals surface area contributed by atoms with E-state index in [0.29, 0.717) is 19.6 Å². The first-order valence-electron chi connectivity index (χ1n) is 3.75. The molecule has 0 N–H and O–H groups in total. The van der Waals surface area contributed by atoms with Crippen LogP contribution in [0.15, 0.2) is 0 Å². The van der Waals surface area contributed by atoms with Crippen LogP contribution in [0.25, 0.3) is 0 Å².